The van der Waals surface area contributed by atoms with Gasteiger partial charge in [-0.25, -0.2) is 0 Å². The molecule has 2 nitrogen and oxygen atoms in total. The summed E-state index contributed by atoms with van der Waals surface area (Å²) in [6, 6.07) is 0. The predicted octanol–water partition coefficient (Wildman–Crippen LogP) is 2.64. The summed E-state index contributed by atoms with van der Waals surface area (Å²) in [5.41, 5.74) is -0.501. The number of ketones is 1. The van der Waals surface area contributed by atoms with Crippen LogP contribution in [-0.2, 0) is 4.79 Å². The lowest BCUT2D eigenvalue weighted by atomic mass is 9.73. The molecule has 0 aliphatic heterocycles. The zero-order valence-corrected chi connectivity index (χ0v) is 10.5. The summed E-state index contributed by atoms with van der Waals surface area (Å²) in [6.07, 6.45) is -0.852. The van der Waals surface area contributed by atoms with Gasteiger partial charge in [-0.05, 0) is 11.3 Å². The molecule has 0 saturated heterocycles. The lowest BCUT2D eigenvalue weighted by Crippen LogP contribution is -2.41. The molecule has 2 heteroatoms. The second kappa shape index (κ2) is 4.01. The van der Waals surface area contributed by atoms with E-state index in [1.54, 1.807) is 0 Å². The zero-order chi connectivity index (χ0) is 11.7. The zero-order valence-electron chi connectivity index (χ0n) is 10.5. The molecule has 0 unspecified atom stereocenters. The second-order valence-corrected chi connectivity index (χ2v) is 6.21. The van der Waals surface area contributed by atoms with Crippen LogP contribution in [0.3, 0.4) is 0 Å². The molecule has 14 heavy (non-hydrogen) atoms. The van der Waals surface area contributed by atoms with Gasteiger partial charge in [0.1, 0.15) is 6.10 Å². The fraction of sp³-hybridized carbons (Fsp3) is 0.917. The number of rotatable bonds is 2. The molecule has 0 spiro atoms. The molecule has 0 heterocycles. The van der Waals surface area contributed by atoms with Crippen LogP contribution in [-0.4, -0.2) is 17.0 Å². The van der Waals surface area contributed by atoms with E-state index in [0.717, 1.165) is 0 Å². The van der Waals surface area contributed by atoms with Gasteiger partial charge in [-0.3, -0.25) is 4.79 Å². The SMILES string of the molecule is C[C@H]([C@H](O)C(=O)C(C)(C)C)C(C)(C)C. The first kappa shape index (κ1) is 13.6. The molecule has 2 atom stereocenters. The van der Waals surface area contributed by atoms with E-state index < -0.39 is 11.5 Å². The van der Waals surface area contributed by atoms with Gasteiger partial charge in [0.2, 0.25) is 0 Å². The van der Waals surface area contributed by atoms with Crippen molar-refractivity contribution in [1.82, 2.24) is 0 Å². The first-order valence-electron chi connectivity index (χ1n) is 5.20. The number of hydrogen-bond donors (Lipinski definition) is 1. The van der Waals surface area contributed by atoms with Crippen molar-refractivity contribution in [2.75, 3.05) is 0 Å². The maximum absolute atomic E-state index is 11.8. The Morgan fingerprint density at radius 2 is 1.43 bits per heavy atom. The molecule has 0 aromatic rings. The van der Waals surface area contributed by atoms with Crippen molar-refractivity contribution in [2.24, 2.45) is 16.7 Å². The summed E-state index contributed by atoms with van der Waals surface area (Å²) < 4.78 is 0. The number of carbonyl (C=O) groups is 1. The van der Waals surface area contributed by atoms with Gasteiger partial charge in [0, 0.05) is 5.41 Å². The fourth-order valence-electron chi connectivity index (χ4n) is 1.14. The minimum Gasteiger partial charge on any atom is -0.385 e. The lowest BCUT2D eigenvalue weighted by Gasteiger charge is -2.33. The molecule has 0 amide bonds. The van der Waals surface area contributed by atoms with E-state index >= 15 is 0 Å². The quantitative estimate of drug-likeness (QED) is 0.744. The molecular formula is C12H24O2. The first-order chi connectivity index (χ1) is 5.98. The molecule has 0 aliphatic rings. The Labute approximate surface area is 87.7 Å². The molecule has 0 rings (SSSR count). The summed E-state index contributed by atoms with van der Waals surface area (Å²) in [4.78, 5) is 11.8. The molecule has 0 fully saturated rings. The van der Waals surface area contributed by atoms with Crippen LogP contribution in [0.1, 0.15) is 48.5 Å². The van der Waals surface area contributed by atoms with Crippen LogP contribution in [0.5, 0.6) is 0 Å². The normalized spacial score (nSPS) is 17.7. The maximum atomic E-state index is 11.8. The smallest absolute Gasteiger partial charge is 0.166 e. The van der Waals surface area contributed by atoms with Crippen LogP contribution in [0.2, 0.25) is 0 Å². The van der Waals surface area contributed by atoms with Gasteiger partial charge in [0.15, 0.2) is 5.78 Å². The third kappa shape index (κ3) is 3.41. The third-order valence-corrected chi connectivity index (χ3v) is 2.85. The molecule has 84 valence electrons. The van der Waals surface area contributed by atoms with Gasteiger partial charge in [-0.1, -0.05) is 48.5 Å². The molecule has 0 aromatic heterocycles. The highest BCUT2D eigenvalue weighted by Crippen LogP contribution is 2.31. The average molecular weight is 200 g/mol. The Hall–Kier alpha value is -0.370. The number of aliphatic hydroxyl groups excluding tert-OH is 1. The summed E-state index contributed by atoms with van der Waals surface area (Å²) >= 11 is 0. The highest BCUT2D eigenvalue weighted by Gasteiger charge is 2.36. The largest absolute Gasteiger partial charge is 0.385 e. The average Bonchev–Trinajstić information content (AvgIpc) is 1.97. The maximum Gasteiger partial charge on any atom is 0.166 e. The van der Waals surface area contributed by atoms with Crippen LogP contribution in [0.4, 0.5) is 0 Å². The van der Waals surface area contributed by atoms with Gasteiger partial charge in [-0.2, -0.15) is 0 Å². The Morgan fingerprint density at radius 1 is 1.07 bits per heavy atom. The van der Waals surface area contributed by atoms with Crippen molar-refractivity contribution in [1.29, 1.82) is 0 Å². The van der Waals surface area contributed by atoms with Crippen LogP contribution in [0.25, 0.3) is 0 Å². The lowest BCUT2D eigenvalue weighted by molar-refractivity contribution is -0.139. The summed E-state index contributed by atoms with van der Waals surface area (Å²) in [5, 5.41) is 9.91. The van der Waals surface area contributed by atoms with E-state index in [2.05, 4.69) is 0 Å². The van der Waals surface area contributed by atoms with Crippen molar-refractivity contribution in [3.63, 3.8) is 0 Å². The third-order valence-electron chi connectivity index (χ3n) is 2.85. The minimum atomic E-state index is -0.852. The molecule has 1 N–H and O–H groups in total. The Balaban J connectivity index is 4.65. The molecule has 0 saturated carbocycles. The van der Waals surface area contributed by atoms with Gasteiger partial charge in [0.05, 0.1) is 0 Å². The van der Waals surface area contributed by atoms with Gasteiger partial charge < -0.3 is 5.11 Å². The highest BCUT2D eigenvalue weighted by atomic mass is 16.3. The van der Waals surface area contributed by atoms with E-state index in [4.69, 9.17) is 0 Å². The number of hydrogen-bond acceptors (Lipinski definition) is 2. The van der Waals surface area contributed by atoms with E-state index in [-0.39, 0.29) is 17.1 Å². The number of aliphatic hydroxyl groups is 1. The predicted molar refractivity (Wildman–Crippen MR) is 59.1 cm³/mol. The summed E-state index contributed by atoms with van der Waals surface area (Å²) in [5.74, 6) is -0.0888. The van der Waals surface area contributed by atoms with Crippen LogP contribution in [0.15, 0.2) is 0 Å². The van der Waals surface area contributed by atoms with Crippen LogP contribution < -0.4 is 0 Å². The van der Waals surface area contributed by atoms with E-state index in [9.17, 15) is 9.90 Å². The van der Waals surface area contributed by atoms with Crippen molar-refractivity contribution in [3.8, 4) is 0 Å². The highest BCUT2D eigenvalue weighted by molar-refractivity contribution is 5.87. The fourth-order valence-corrected chi connectivity index (χ4v) is 1.14. The number of carbonyl (C=O) groups excluding carboxylic acids is 1. The topological polar surface area (TPSA) is 37.3 Å². The van der Waals surface area contributed by atoms with Gasteiger partial charge in [-0.15, -0.1) is 0 Å². The first-order valence-corrected chi connectivity index (χ1v) is 5.20. The number of Topliss-reactive ketones (excluding diaryl/α,β-unsaturated/α-hetero) is 1. The van der Waals surface area contributed by atoms with Crippen molar-refractivity contribution in [3.05, 3.63) is 0 Å². The van der Waals surface area contributed by atoms with Gasteiger partial charge in [0.25, 0.3) is 0 Å². The van der Waals surface area contributed by atoms with E-state index in [0.29, 0.717) is 0 Å². The Morgan fingerprint density at radius 3 is 1.64 bits per heavy atom. The molecule has 0 radical (unpaired) electrons. The van der Waals surface area contributed by atoms with Crippen LogP contribution >= 0.6 is 0 Å². The van der Waals surface area contributed by atoms with Crippen molar-refractivity contribution in [2.45, 2.75) is 54.6 Å². The molecule has 0 aromatic carbocycles. The Kier molecular flexibility index (Phi) is 3.91. The Bertz CT molecular complexity index is 205. The molecule has 0 aliphatic carbocycles. The van der Waals surface area contributed by atoms with E-state index in [1.165, 1.54) is 0 Å². The summed E-state index contributed by atoms with van der Waals surface area (Å²) in [6.45, 7) is 13.6. The van der Waals surface area contributed by atoms with E-state index in [1.807, 2.05) is 48.5 Å². The molecule has 0 bridgehead atoms. The second-order valence-electron chi connectivity index (χ2n) is 6.21. The summed E-state index contributed by atoms with van der Waals surface area (Å²) in [7, 11) is 0. The van der Waals surface area contributed by atoms with Crippen molar-refractivity contribution < 1.29 is 9.90 Å². The van der Waals surface area contributed by atoms with Crippen LogP contribution in [0, 0.1) is 16.7 Å². The monoisotopic (exact) mass is 200 g/mol. The molecular weight excluding hydrogens is 176 g/mol. The van der Waals surface area contributed by atoms with Gasteiger partial charge >= 0.3 is 0 Å². The minimum absolute atomic E-state index is 0.0192. The van der Waals surface area contributed by atoms with Crippen molar-refractivity contribution >= 4 is 5.78 Å². The standard InChI is InChI=1S/C12H24O2/c1-8(11(2,3)4)9(13)10(14)12(5,6)7/h8-9,13H,1-7H3/t8-,9+/m1/s1.